The second-order valence-corrected chi connectivity index (χ2v) is 17.6. The Bertz CT molecular complexity index is 2670. The van der Waals surface area contributed by atoms with Gasteiger partial charge in [-0.2, -0.15) is 0 Å². The van der Waals surface area contributed by atoms with Gasteiger partial charge in [-0.3, -0.25) is 0 Å². The van der Waals surface area contributed by atoms with Crippen molar-refractivity contribution in [3.63, 3.8) is 0 Å². The van der Waals surface area contributed by atoms with E-state index in [1.807, 2.05) is 112 Å². The number of methoxy groups -OCH3 is 1. The number of ether oxygens (including phenoxy) is 1. The molecule has 8 heteroatoms. The van der Waals surface area contributed by atoms with E-state index in [-0.39, 0.29) is 9.03 Å². The van der Waals surface area contributed by atoms with Crippen molar-refractivity contribution in [2.45, 2.75) is 129 Å². The fraction of sp³-hybridized carbons (Fsp3) is 0.344. The Kier molecular flexibility index (Phi) is 30.9. The fourth-order valence-electron chi connectivity index (χ4n) is 6.50. The van der Waals surface area contributed by atoms with E-state index < -0.39 is 15.1 Å². The molecule has 0 heterocycles. The fourth-order valence-corrected chi connectivity index (χ4v) is 7.68. The quantitative estimate of drug-likeness (QED) is 0.0460. The third-order valence-electron chi connectivity index (χ3n) is 10.1. The van der Waals surface area contributed by atoms with Gasteiger partial charge in [-0.15, -0.1) is 23.7 Å². The number of allylic oxidation sites excluding steroid dienone is 6. The van der Waals surface area contributed by atoms with Gasteiger partial charge in [-0.05, 0) is 139 Å². The van der Waals surface area contributed by atoms with Crippen molar-refractivity contribution in [1.29, 1.82) is 0 Å². The Morgan fingerprint density at radius 3 is 1.64 bits per heavy atom. The lowest BCUT2D eigenvalue weighted by molar-refractivity contribution is 0.134. The molecule has 69 heavy (non-hydrogen) atoms. The maximum absolute atomic E-state index is 11.3. The van der Waals surface area contributed by atoms with Crippen molar-refractivity contribution in [2.24, 2.45) is 5.92 Å². The van der Waals surface area contributed by atoms with Crippen LogP contribution in [0.25, 0.3) is 44.5 Å². The summed E-state index contributed by atoms with van der Waals surface area (Å²) in [4.78, 5) is 0. The number of rotatable bonds is 16. The minimum absolute atomic E-state index is 0.309. The predicted octanol–water partition coefficient (Wildman–Crippen LogP) is 16.5. The smallest absolute Gasteiger partial charge is 0.275 e. The molecule has 0 amide bonds. The van der Waals surface area contributed by atoms with E-state index in [1.54, 1.807) is 26.2 Å². The molecule has 0 fully saturated rings. The van der Waals surface area contributed by atoms with Crippen LogP contribution in [0.2, 0.25) is 0 Å². The molecule has 1 N–H and O–H groups in total. The van der Waals surface area contributed by atoms with Crippen LogP contribution < -0.4 is 19.5 Å². The Labute approximate surface area is 420 Å². The highest BCUT2D eigenvalue weighted by Gasteiger charge is 2.26. The second-order valence-electron chi connectivity index (χ2n) is 16.4. The van der Waals surface area contributed by atoms with Crippen LogP contribution in [0.3, 0.4) is 0 Å². The highest BCUT2D eigenvalue weighted by molar-refractivity contribution is 7.27. The molecule has 0 saturated heterocycles. The van der Waals surface area contributed by atoms with Crippen LogP contribution in [0.5, 0.6) is 11.5 Å². The van der Waals surface area contributed by atoms with Crippen LogP contribution in [0.4, 0.5) is 0 Å². The Hall–Kier alpha value is -5.58. The van der Waals surface area contributed by atoms with Gasteiger partial charge in [0.2, 0.25) is 0 Å². The highest BCUT2D eigenvalue weighted by atomic mass is 31.1. The highest BCUT2D eigenvalue weighted by Crippen LogP contribution is 2.52. The molecule has 0 bridgehead atoms. The van der Waals surface area contributed by atoms with Crippen LogP contribution in [-0.2, 0) is 20.2 Å². The number of benzene rings is 5. The van der Waals surface area contributed by atoms with Crippen LogP contribution >= 0.6 is 18.1 Å². The molecule has 5 aromatic carbocycles. The number of aliphatic hydroxyl groups is 1. The molecule has 3 unspecified atom stereocenters. The first kappa shape index (κ1) is 61.4. The lowest BCUT2D eigenvalue weighted by Gasteiger charge is -2.24. The van der Waals surface area contributed by atoms with Crippen molar-refractivity contribution in [1.82, 2.24) is 0 Å². The van der Waals surface area contributed by atoms with Crippen molar-refractivity contribution in [2.75, 3.05) is 7.11 Å². The average Bonchev–Trinajstić information content (AvgIpc) is 3.35. The summed E-state index contributed by atoms with van der Waals surface area (Å²) in [5.41, 5.74) is 5.20. The van der Waals surface area contributed by atoms with Crippen molar-refractivity contribution < 1.29 is 27.9 Å². The minimum Gasteiger partial charge on any atom is -0.445 e. The Morgan fingerprint density at radius 1 is 0.696 bits per heavy atom. The lowest BCUT2D eigenvalue weighted by Crippen LogP contribution is -2.25. The second kappa shape index (κ2) is 34.7. The van der Waals surface area contributed by atoms with Gasteiger partial charge in [0.15, 0.2) is 0 Å². The molecular weight excluding hydrogens is 891 g/mol. The Morgan fingerprint density at radius 2 is 1.17 bits per heavy atom. The van der Waals surface area contributed by atoms with Crippen LogP contribution in [-0.4, -0.2) is 18.3 Å². The summed E-state index contributed by atoms with van der Waals surface area (Å²) in [7, 11) is 0.976. The molecule has 0 spiro atoms. The van der Waals surface area contributed by atoms with Gasteiger partial charge in [-0.1, -0.05) is 144 Å². The molecule has 5 aromatic rings. The SMILES string of the molecule is C=CC(=C/C)/C(C=C)=C(\C)OPOc1c(C(C)O)cc2ccccc2c1-c1c(OPO/C(C)=c2\cccc\c2=C\C)c(CCC)cc2ccccc12.CC#CC.CC#CC.CC(C)C.COC(C)C. The van der Waals surface area contributed by atoms with E-state index in [2.05, 4.69) is 119 Å². The molecule has 0 aliphatic carbocycles. The van der Waals surface area contributed by atoms with E-state index in [1.165, 1.54) is 0 Å². The largest absolute Gasteiger partial charge is 0.445 e. The normalized spacial score (nSPS) is 12.3. The molecule has 5 rings (SSSR count). The zero-order valence-electron chi connectivity index (χ0n) is 44.4. The summed E-state index contributed by atoms with van der Waals surface area (Å²) < 4.78 is 30.8. The minimum atomic E-state index is -0.828. The number of hydrogen-bond acceptors (Lipinski definition) is 6. The molecule has 3 atom stereocenters. The summed E-state index contributed by atoms with van der Waals surface area (Å²) >= 11 is 0. The molecular formula is C61H80O6P2. The summed E-state index contributed by atoms with van der Waals surface area (Å²) in [6.07, 6.45) is 8.86. The van der Waals surface area contributed by atoms with Gasteiger partial charge in [0.1, 0.15) is 23.0 Å². The van der Waals surface area contributed by atoms with Crippen molar-refractivity contribution in [3.05, 3.63) is 155 Å². The Balaban J connectivity index is 0.00000121. The van der Waals surface area contributed by atoms with Crippen LogP contribution in [0, 0.1) is 29.6 Å². The summed E-state index contributed by atoms with van der Waals surface area (Å²) in [5.74, 6) is 14.3. The van der Waals surface area contributed by atoms with Gasteiger partial charge in [0.05, 0.1) is 12.2 Å². The first-order chi connectivity index (χ1) is 33.1. The number of aliphatic hydroxyl groups excluding tert-OH is 1. The molecule has 0 saturated carbocycles. The van der Waals surface area contributed by atoms with Crippen LogP contribution in [0.15, 0.2) is 133 Å². The molecule has 0 aliphatic rings. The number of fused-ring (bicyclic) bond motifs is 2. The van der Waals surface area contributed by atoms with Gasteiger partial charge >= 0.3 is 0 Å². The van der Waals surface area contributed by atoms with Gasteiger partial charge in [0.25, 0.3) is 18.1 Å². The summed E-state index contributed by atoms with van der Waals surface area (Å²) in [6.45, 7) is 37.5. The zero-order chi connectivity index (χ0) is 51.9. The van der Waals surface area contributed by atoms with Gasteiger partial charge < -0.3 is 27.9 Å². The van der Waals surface area contributed by atoms with Crippen molar-refractivity contribution in [3.8, 4) is 46.3 Å². The molecule has 0 aliphatic heterocycles. The first-order valence-electron chi connectivity index (χ1n) is 23.6. The van der Waals surface area contributed by atoms with E-state index in [9.17, 15) is 5.11 Å². The maximum atomic E-state index is 11.3. The third-order valence-corrected chi connectivity index (χ3v) is 11.4. The lowest BCUT2D eigenvalue weighted by atomic mass is 9.87. The molecule has 6 nitrogen and oxygen atoms in total. The van der Waals surface area contributed by atoms with E-state index in [4.69, 9.17) is 22.8 Å². The summed E-state index contributed by atoms with van der Waals surface area (Å²) in [6, 6.07) is 28.9. The van der Waals surface area contributed by atoms with E-state index >= 15 is 0 Å². The zero-order valence-corrected chi connectivity index (χ0v) is 46.4. The van der Waals surface area contributed by atoms with Crippen LogP contribution in [0.1, 0.15) is 128 Å². The van der Waals surface area contributed by atoms with E-state index in [0.717, 1.165) is 90.1 Å². The average molecular weight is 971 g/mol. The van der Waals surface area contributed by atoms with Gasteiger partial charge in [0, 0.05) is 34.6 Å². The van der Waals surface area contributed by atoms with Crippen molar-refractivity contribution >= 4 is 51.4 Å². The summed E-state index contributed by atoms with van der Waals surface area (Å²) in [5, 5.41) is 17.4. The maximum Gasteiger partial charge on any atom is 0.275 e. The number of hydrogen-bond donors (Lipinski definition) is 1. The standard InChI is InChI=1S/C45H48O5P2.C4H10O.C4H10.2C4H6/c1-9-20-36-27-34-22-15-18-25-39(34)42(44(36)49-51-48-31(8)38-24-17-14-21-33(38)12-4)43-40-26-19-16-23-35(40)28-41(29(6)46)45(43)50-52-47-30(7)37(13-5)32(10-2)11-3;1-4(2)5-3;1-4(2)3;2*1-3-4-2/h10-19,21-29,46,51-52H,2,5,9,20H2,1,3-4,6-8H3;4H,1-3H3;4H,1-3H3;2*1-2H3/b32-11-,33-12-,37-30+,38-31+;;;;. The molecule has 0 aromatic heterocycles. The first-order valence-corrected chi connectivity index (χ1v) is 25.2. The third kappa shape index (κ3) is 20.1. The molecule has 0 radical (unpaired) electrons. The monoisotopic (exact) mass is 971 g/mol. The predicted molar refractivity (Wildman–Crippen MR) is 304 cm³/mol. The van der Waals surface area contributed by atoms with Gasteiger partial charge in [-0.25, -0.2) is 0 Å². The molecule has 370 valence electrons. The topological polar surface area (TPSA) is 66.4 Å². The number of aryl methyl sites for hydroxylation is 1. The van der Waals surface area contributed by atoms with E-state index in [0.29, 0.717) is 23.2 Å².